The van der Waals surface area contributed by atoms with E-state index in [0.29, 0.717) is 12.1 Å². The SMILES string of the molecule is O=C(NCc1cc(C(F)(F)F)cc(C(F)(F)F)c1)c1cnoc1. The van der Waals surface area contributed by atoms with Crippen LogP contribution < -0.4 is 5.32 Å². The normalized spacial score (nSPS) is 12.3. The molecule has 0 unspecified atom stereocenters. The van der Waals surface area contributed by atoms with Gasteiger partial charge in [-0.3, -0.25) is 4.79 Å². The molecular formula is C13H8F6N2O2. The van der Waals surface area contributed by atoms with Crippen LogP contribution in [0.1, 0.15) is 27.0 Å². The average Bonchev–Trinajstić information content (AvgIpc) is 2.96. The van der Waals surface area contributed by atoms with E-state index in [1.54, 1.807) is 0 Å². The monoisotopic (exact) mass is 338 g/mol. The molecule has 0 saturated heterocycles. The van der Waals surface area contributed by atoms with Gasteiger partial charge in [-0.25, -0.2) is 0 Å². The van der Waals surface area contributed by atoms with Gasteiger partial charge in [-0.1, -0.05) is 5.16 Å². The third kappa shape index (κ3) is 4.24. The van der Waals surface area contributed by atoms with Gasteiger partial charge < -0.3 is 9.84 Å². The molecule has 2 rings (SSSR count). The van der Waals surface area contributed by atoms with E-state index in [2.05, 4.69) is 15.0 Å². The highest BCUT2D eigenvalue weighted by Crippen LogP contribution is 2.36. The van der Waals surface area contributed by atoms with Crippen molar-refractivity contribution in [2.75, 3.05) is 0 Å². The van der Waals surface area contributed by atoms with E-state index in [9.17, 15) is 31.1 Å². The van der Waals surface area contributed by atoms with Crippen LogP contribution in [0.2, 0.25) is 0 Å². The molecule has 10 heteroatoms. The summed E-state index contributed by atoms with van der Waals surface area (Å²) in [5.41, 5.74) is -3.23. The number of benzene rings is 1. The fraction of sp³-hybridized carbons (Fsp3) is 0.231. The number of amides is 1. The van der Waals surface area contributed by atoms with Gasteiger partial charge in [-0.2, -0.15) is 26.3 Å². The molecule has 0 spiro atoms. The van der Waals surface area contributed by atoms with Crippen molar-refractivity contribution in [2.24, 2.45) is 0 Å². The quantitative estimate of drug-likeness (QED) is 0.870. The Morgan fingerprint density at radius 3 is 2.04 bits per heavy atom. The van der Waals surface area contributed by atoms with E-state index in [1.165, 1.54) is 0 Å². The van der Waals surface area contributed by atoms with E-state index >= 15 is 0 Å². The number of aromatic nitrogens is 1. The molecule has 0 fully saturated rings. The Kier molecular flexibility index (Phi) is 4.35. The largest absolute Gasteiger partial charge is 0.416 e. The number of nitrogens with one attached hydrogen (secondary N) is 1. The third-order valence-electron chi connectivity index (χ3n) is 2.80. The molecule has 1 aromatic carbocycles. The van der Waals surface area contributed by atoms with Crippen molar-refractivity contribution in [1.82, 2.24) is 10.5 Å². The maximum atomic E-state index is 12.7. The van der Waals surface area contributed by atoms with Gasteiger partial charge in [0.1, 0.15) is 6.26 Å². The number of nitrogens with zero attached hydrogens (tertiary/aromatic N) is 1. The fourth-order valence-electron chi connectivity index (χ4n) is 1.72. The number of halogens is 6. The van der Waals surface area contributed by atoms with E-state index in [0.717, 1.165) is 12.5 Å². The lowest BCUT2D eigenvalue weighted by molar-refractivity contribution is -0.143. The summed E-state index contributed by atoms with van der Waals surface area (Å²) in [5.74, 6) is -0.739. The molecule has 0 aliphatic carbocycles. The molecule has 4 nitrogen and oxygen atoms in total. The molecule has 0 aliphatic heterocycles. The second-order valence-corrected chi connectivity index (χ2v) is 4.51. The van der Waals surface area contributed by atoms with E-state index in [-0.39, 0.29) is 17.2 Å². The smallest absolute Gasteiger partial charge is 0.364 e. The van der Waals surface area contributed by atoms with Crippen molar-refractivity contribution in [1.29, 1.82) is 0 Å². The molecule has 0 radical (unpaired) electrons. The predicted octanol–water partition coefficient (Wildman–Crippen LogP) is 3.64. The lowest BCUT2D eigenvalue weighted by Crippen LogP contribution is -2.23. The average molecular weight is 338 g/mol. The predicted molar refractivity (Wildman–Crippen MR) is 64.1 cm³/mol. The van der Waals surface area contributed by atoms with Gasteiger partial charge in [-0.05, 0) is 23.8 Å². The first-order valence-electron chi connectivity index (χ1n) is 6.03. The molecule has 0 bridgehead atoms. The maximum absolute atomic E-state index is 12.7. The number of alkyl halides is 6. The number of carbonyl (C=O) groups excluding carboxylic acids is 1. The topological polar surface area (TPSA) is 55.1 Å². The maximum Gasteiger partial charge on any atom is 0.416 e. The van der Waals surface area contributed by atoms with Crippen molar-refractivity contribution in [3.63, 3.8) is 0 Å². The van der Waals surface area contributed by atoms with E-state index in [1.807, 2.05) is 0 Å². The van der Waals surface area contributed by atoms with E-state index in [4.69, 9.17) is 0 Å². The molecule has 0 saturated carbocycles. The first kappa shape index (κ1) is 16.8. The molecule has 124 valence electrons. The summed E-state index contributed by atoms with van der Waals surface area (Å²) in [5, 5.41) is 5.44. The molecule has 1 amide bonds. The first-order chi connectivity index (χ1) is 10.6. The first-order valence-corrected chi connectivity index (χ1v) is 6.03. The van der Waals surface area contributed by atoms with Crippen molar-refractivity contribution in [3.05, 3.63) is 52.9 Å². The van der Waals surface area contributed by atoms with Gasteiger partial charge in [-0.15, -0.1) is 0 Å². The Hall–Kier alpha value is -2.52. The van der Waals surface area contributed by atoms with Crippen LogP contribution in [0, 0.1) is 0 Å². The summed E-state index contributed by atoms with van der Waals surface area (Å²) >= 11 is 0. The second kappa shape index (κ2) is 5.94. The Labute approximate surface area is 125 Å². The molecule has 2 aromatic rings. The van der Waals surface area contributed by atoms with Crippen molar-refractivity contribution in [2.45, 2.75) is 18.9 Å². The number of rotatable bonds is 3. The van der Waals surface area contributed by atoms with Crippen LogP contribution in [0.5, 0.6) is 0 Å². The van der Waals surface area contributed by atoms with Gasteiger partial charge in [0, 0.05) is 6.54 Å². The zero-order valence-corrected chi connectivity index (χ0v) is 11.1. The van der Waals surface area contributed by atoms with Crippen LogP contribution in [-0.4, -0.2) is 11.1 Å². The number of hydrogen-bond acceptors (Lipinski definition) is 3. The van der Waals surface area contributed by atoms with E-state index < -0.39 is 35.9 Å². The van der Waals surface area contributed by atoms with Crippen LogP contribution in [-0.2, 0) is 18.9 Å². The fourth-order valence-corrected chi connectivity index (χ4v) is 1.72. The summed E-state index contributed by atoms with van der Waals surface area (Å²) in [7, 11) is 0. The highest BCUT2D eigenvalue weighted by Gasteiger charge is 2.36. The van der Waals surface area contributed by atoms with Crippen LogP contribution >= 0.6 is 0 Å². The molecule has 1 N–H and O–H groups in total. The van der Waals surface area contributed by atoms with Crippen LogP contribution in [0.15, 0.2) is 35.2 Å². The molecule has 0 aliphatic rings. The molecule has 23 heavy (non-hydrogen) atoms. The highest BCUT2D eigenvalue weighted by molar-refractivity contribution is 5.93. The van der Waals surface area contributed by atoms with Gasteiger partial charge in [0.05, 0.1) is 22.9 Å². The lowest BCUT2D eigenvalue weighted by Gasteiger charge is -2.14. The standard InChI is InChI=1S/C13H8F6N2O2/c14-12(15,16)9-1-7(2-10(3-9)13(17,18)19)4-20-11(22)8-5-21-23-6-8/h1-3,5-6H,4H2,(H,20,22). The summed E-state index contributed by atoms with van der Waals surface area (Å²) in [4.78, 5) is 11.6. The summed E-state index contributed by atoms with van der Waals surface area (Å²) in [6.07, 6.45) is -7.83. The van der Waals surface area contributed by atoms with Crippen LogP contribution in [0.3, 0.4) is 0 Å². The zero-order valence-electron chi connectivity index (χ0n) is 11.1. The minimum atomic E-state index is -4.94. The van der Waals surface area contributed by atoms with Gasteiger partial charge in [0.2, 0.25) is 0 Å². The van der Waals surface area contributed by atoms with Gasteiger partial charge in [0.15, 0.2) is 0 Å². The minimum absolute atomic E-state index is 0.00646. The summed E-state index contributed by atoms with van der Waals surface area (Å²) in [6.45, 7) is -0.517. The Morgan fingerprint density at radius 2 is 1.61 bits per heavy atom. The van der Waals surface area contributed by atoms with Crippen molar-refractivity contribution >= 4 is 5.91 Å². The third-order valence-corrected chi connectivity index (χ3v) is 2.80. The Balaban J connectivity index is 2.25. The number of carbonyl (C=O) groups is 1. The number of hydrogen-bond donors (Lipinski definition) is 1. The highest BCUT2D eigenvalue weighted by atomic mass is 19.4. The lowest BCUT2D eigenvalue weighted by atomic mass is 10.0. The molecule has 1 aromatic heterocycles. The van der Waals surface area contributed by atoms with Gasteiger partial charge in [0.25, 0.3) is 5.91 Å². The summed E-state index contributed by atoms with van der Waals surface area (Å²) < 4.78 is 80.5. The molecule has 1 heterocycles. The molecular weight excluding hydrogens is 330 g/mol. The Bertz CT molecular complexity index is 659. The van der Waals surface area contributed by atoms with Crippen molar-refractivity contribution < 1.29 is 35.7 Å². The Morgan fingerprint density at radius 1 is 1.04 bits per heavy atom. The molecule has 0 atom stereocenters. The van der Waals surface area contributed by atoms with Crippen LogP contribution in [0.25, 0.3) is 0 Å². The van der Waals surface area contributed by atoms with Gasteiger partial charge >= 0.3 is 12.4 Å². The second-order valence-electron chi connectivity index (χ2n) is 4.51. The minimum Gasteiger partial charge on any atom is -0.364 e. The summed E-state index contributed by atoms with van der Waals surface area (Å²) in [6, 6.07) is 1.11. The van der Waals surface area contributed by atoms with Crippen molar-refractivity contribution in [3.8, 4) is 0 Å². The van der Waals surface area contributed by atoms with Crippen LogP contribution in [0.4, 0.5) is 26.3 Å². The zero-order chi connectivity index (χ0) is 17.3.